The molecule has 0 saturated heterocycles. The molecule has 1 amide bonds. The molecule has 0 rings (SSSR count). The average molecular weight is 223 g/mol. The monoisotopic (exact) mass is 223 g/mol. The maximum Gasteiger partial charge on any atom is 0.306 e. The van der Waals surface area contributed by atoms with E-state index in [1.165, 1.54) is 7.05 Å². The van der Waals surface area contributed by atoms with Gasteiger partial charge in [0.25, 0.3) is 6.43 Å². The summed E-state index contributed by atoms with van der Waals surface area (Å²) in [6.45, 7) is 1.30. The highest BCUT2D eigenvalue weighted by Gasteiger charge is 2.15. The van der Waals surface area contributed by atoms with Crippen LogP contribution in [0, 0.1) is 0 Å². The van der Waals surface area contributed by atoms with Crippen molar-refractivity contribution < 1.29 is 23.1 Å². The van der Waals surface area contributed by atoms with Crippen molar-refractivity contribution in [2.45, 2.75) is 26.2 Å². The number of amides is 1. The Morgan fingerprint density at radius 2 is 1.93 bits per heavy atom. The van der Waals surface area contributed by atoms with Crippen molar-refractivity contribution in [2.75, 3.05) is 20.2 Å². The van der Waals surface area contributed by atoms with Crippen molar-refractivity contribution in [3.05, 3.63) is 0 Å². The Hall–Kier alpha value is -1.20. The second kappa shape index (κ2) is 7.14. The molecule has 6 heteroatoms. The fourth-order valence-corrected chi connectivity index (χ4v) is 0.942. The van der Waals surface area contributed by atoms with Gasteiger partial charge in [-0.2, -0.15) is 0 Å². The summed E-state index contributed by atoms with van der Waals surface area (Å²) in [5.74, 6) is -0.973. The molecular formula is C9H15F2NO3. The summed E-state index contributed by atoms with van der Waals surface area (Å²) in [6.07, 6.45) is -2.72. The van der Waals surface area contributed by atoms with E-state index in [4.69, 9.17) is 0 Å². The van der Waals surface area contributed by atoms with Crippen LogP contribution in [0.15, 0.2) is 0 Å². The largest absolute Gasteiger partial charge is 0.466 e. The summed E-state index contributed by atoms with van der Waals surface area (Å²) in [5, 5.41) is 0. The fourth-order valence-electron chi connectivity index (χ4n) is 0.942. The molecule has 0 bridgehead atoms. The third-order valence-electron chi connectivity index (χ3n) is 1.69. The zero-order valence-corrected chi connectivity index (χ0v) is 8.83. The lowest BCUT2D eigenvalue weighted by Crippen LogP contribution is -2.31. The molecule has 0 saturated carbocycles. The van der Waals surface area contributed by atoms with Gasteiger partial charge in [0.15, 0.2) is 0 Å². The maximum atomic E-state index is 11.9. The van der Waals surface area contributed by atoms with Gasteiger partial charge in [0.05, 0.1) is 19.6 Å². The van der Waals surface area contributed by atoms with Gasteiger partial charge in [-0.05, 0) is 6.92 Å². The molecule has 0 aliphatic heterocycles. The van der Waals surface area contributed by atoms with Gasteiger partial charge < -0.3 is 9.64 Å². The predicted octanol–water partition coefficient (Wildman–Crippen LogP) is 1.05. The number of esters is 1. The summed E-state index contributed by atoms with van der Waals surface area (Å²) in [5.41, 5.74) is 0. The van der Waals surface area contributed by atoms with Crippen LogP contribution in [0.5, 0.6) is 0 Å². The number of carbonyl (C=O) groups is 2. The van der Waals surface area contributed by atoms with Crippen LogP contribution in [-0.4, -0.2) is 43.4 Å². The summed E-state index contributed by atoms with van der Waals surface area (Å²) in [6, 6.07) is 0. The molecule has 0 fully saturated rings. The first kappa shape index (κ1) is 13.8. The van der Waals surface area contributed by atoms with E-state index in [0.717, 1.165) is 4.90 Å². The van der Waals surface area contributed by atoms with Crippen LogP contribution in [0.25, 0.3) is 0 Å². The summed E-state index contributed by atoms with van der Waals surface area (Å²) in [7, 11) is 1.28. The van der Waals surface area contributed by atoms with E-state index in [2.05, 4.69) is 4.74 Å². The number of hydrogen-bond donors (Lipinski definition) is 0. The predicted molar refractivity (Wildman–Crippen MR) is 49.5 cm³/mol. The minimum atomic E-state index is -2.55. The molecule has 0 aliphatic rings. The summed E-state index contributed by atoms with van der Waals surface area (Å²) in [4.78, 5) is 22.9. The zero-order chi connectivity index (χ0) is 11.8. The third kappa shape index (κ3) is 6.82. The van der Waals surface area contributed by atoms with Crippen molar-refractivity contribution >= 4 is 11.9 Å². The minimum Gasteiger partial charge on any atom is -0.466 e. The quantitative estimate of drug-likeness (QED) is 0.632. The van der Waals surface area contributed by atoms with E-state index in [1.54, 1.807) is 6.92 Å². The van der Waals surface area contributed by atoms with Crippen molar-refractivity contribution in [3.63, 3.8) is 0 Å². The van der Waals surface area contributed by atoms with E-state index in [9.17, 15) is 18.4 Å². The lowest BCUT2D eigenvalue weighted by molar-refractivity contribution is -0.145. The minimum absolute atomic E-state index is 0.0692. The topological polar surface area (TPSA) is 46.6 Å². The highest BCUT2D eigenvalue weighted by Crippen LogP contribution is 2.01. The lowest BCUT2D eigenvalue weighted by Gasteiger charge is -2.15. The first-order valence-corrected chi connectivity index (χ1v) is 4.65. The Balaban J connectivity index is 3.78. The third-order valence-corrected chi connectivity index (χ3v) is 1.69. The molecule has 0 spiro atoms. The van der Waals surface area contributed by atoms with Gasteiger partial charge in [0, 0.05) is 13.5 Å². The maximum absolute atomic E-state index is 11.9. The number of nitrogens with zero attached hydrogens (tertiary/aromatic N) is 1. The van der Waals surface area contributed by atoms with Gasteiger partial charge in [-0.15, -0.1) is 0 Å². The van der Waals surface area contributed by atoms with E-state index >= 15 is 0 Å². The number of hydrogen-bond acceptors (Lipinski definition) is 3. The van der Waals surface area contributed by atoms with Gasteiger partial charge in [0.1, 0.15) is 0 Å². The van der Waals surface area contributed by atoms with E-state index in [-0.39, 0.29) is 19.4 Å². The highest BCUT2D eigenvalue weighted by molar-refractivity contribution is 5.81. The van der Waals surface area contributed by atoms with E-state index in [1.807, 2.05) is 0 Å². The van der Waals surface area contributed by atoms with Gasteiger partial charge in [0.2, 0.25) is 5.91 Å². The molecule has 0 aromatic carbocycles. The molecule has 15 heavy (non-hydrogen) atoms. The van der Waals surface area contributed by atoms with Crippen LogP contribution in [0.2, 0.25) is 0 Å². The van der Waals surface area contributed by atoms with Crippen molar-refractivity contribution in [1.29, 1.82) is 0 Å². The molecular weight excluding hydrogens is 208 g/mol. The van der Waals surface area contributed by atoms with Gasteiger partial charge in [-0.3, -0.25) is 9.59 Å². The average Bonchev–Trinajstić information content (AvgIpc) is 2.13. The Morgan fingerprint density at radius 1 is 1.33 bits per heavy atom. The molecule has 88 valence electrons. The molecule has 0 unspecified atom stereocenters. The summed E-state index contributed by atoms with van der Waals surface area (Å²) < 4.78 is 28.4. The first-order valence-electron chi connectivity index (χ1n) is 4.65. The molecule has 0 aromatic heterocycles. The molecule has 4 nitrogen and oxygen atoms in total. The Labute approximate surface area is 87.2 Å². The lowest BCUT2D eigenvalue weighted by atomic mass is 10.3. The van der Waals surface area contributed by atoms with Gasteiger partial charge in [-0.1, -0.05) is 0 Å². The molecule has 0 atom stereocenters. The smallest absolute Gasteiger partial charge is 0.306 e. The van der Waals surface area contributed by atoms with Gasteiger partial charge >= 0.3 is 5.97 Å². The molecule has 0 heterocycles. The van der Waals surface area contributed by atoms with Crippen LogP contribution >= 0.6 is 0 Å². The van der Waals surface area contributed by atoms with Crippen molar-refractivity contribution in [3.8, 4) is 0 Å². The second-order valence-corrected chi connectivity index (χ2v) is 2.97. The Bertz CT molecular complexity index is 221. The highest BCUT2D eigenvalue weighted by atomic mass is 19.3. The fraction of sp³-hybridized carbons (Fsp3) is 0.778. The number of alkyl halides is 2. The van der Waals surface area contributed by atoms with E-state index < -0.39 is 24.8 Å². The van der Waals surface area contributed by atoms with Gasteiger partial charge in [-0.25, -0.2) is 8.78 Å². The van der Waals surface area contributed by atoms with Crippen LogP contribution < -0.4 is 0 Å². The molecule has 0 aromatic rings. The number of ether oxygens (including phenoxy) is 1. The Morgan fingerprint density at radius 3 is 2.40 bits per heavy atom. The van der Waals surface area contributed by atoms with Crippen LogP contribution in [0.4, 0.5) is 8.78 Å². The summed E-state index contributed by atoms with van der Waals surface area (Å²) >= 11 is 0. The number of rotatable bonds is 6. The molecule has 0 radical (unpaired) electrons. The van der Waals surface area contributed by atoms with Crippen molar-refractivity contribution in [2.24, 2.45) is 0 Å². The van der Waals surface area contributed by atoms with Crippen LogP contribution in [0.3, 0.4) is 0 Å². The normalized spacial score (nSPS) is 10.2. The molecule has 0 N–H and O–H groups in total. The number of halogens is 2. The zero-order valence-electron chi connectivity index (χ0n) is 8.83. The molecule has 0 aliphatic carbocycles. The van der Waals surface area contributed by atoms with Crippen molar-refractivity contribution in [1.82, 2.24) is 4.90 Å². The first-order chi connectivity index (χ1) is 6.97. The second-order valence-electron chi connectivity index (χ2n) is 2.97. The SMILES string of the molecule is CCOC(=O)CCC(=O)N(C)CC(F)F. The van der Waals surface area contributed by atoms with Crippen LogP contribution in [0.1, 0.15) is 19.8 Å². The van der Waals surface area contributed by atoms with Crippen LogP contribution in [-0.2, 0) is 14.3 Å². The van der Waals surface area contributed by atoms with E-state index in [0.29, 0.717) is 0 Å². The standard InChI is InChI=1S/C9H15F2NO3/c1-3-15-9(14)5-4-8(13)12(2)6-7(10)11/h7H,3-6H2,1-2H3. The Kier molecular flexibility index (Phi) is 6.57. The number of carbonyl (C=O) groups excluding carboxylic acids is 2.